The summed E-state index contributed by atoms with van der Waals surface area (Å²) in [6.07, 6.45) is 6.67. The van der Waals surface area contributed by atoms with Gasteiger partial charge in [-0.2, -0.15) is 5.26 Å². The van der Waals surface area contributed by atoms with E-state index in [0.717, 1.165) is 31.6 Å². The third-order valence-corrected chi connectivity index (χ3v) is 4.08. The molecule has 3 heteroatoms. The molecule has 0 bridgehead atoms. The molecule has 1 aliphatic rings. The molecule has 0 saturated heterocycles. The van der Waals surface area contributed by atoms with Gasteiger partial charge in [-0.25, -0.2) is 0 Å². The van der Waals surface area contributed by atoms with Crippen molar-refractivity contribution < 1.29 is 9.53 Å². The van der Waals surface area contributed by atoms with Gasteiger partial charge in [0.2, 0.25) is 0 Å². The predicted octanol–water partition coefficient (Wildman–Crippen LogP) is 4.07. The smallest absolute Gasteiger partial charge is 0.314 e. The van der Waals surface area contributed by atoms with Gasteiger partial charge >= 0.3 is 5.97 Å². The highest BCUT2D eigenvalue weighted by Gasteiger charge is 2.27. The van der Waals surface area contributed by atoms with E-state index in [1.165, 1.54) is 12.8 Å². The minimum Gasteiger partial charge on any atom is -0.426 e. The molecule has 0 amide bonds. The minimum absolute atomic E-state index is 0.0405. The second kappa shape index (κ2) is 7.09. The molecular weight excluding hydrogens is 250 g/mol. The van der Waals surface area contributed by atoms with Crippen molar-refractivity contribution in [2.75, 3.05) is 0 Å². The van der Waals surface area contributed by atoms with Gasteiger partial charge in [-0.3, -0.25) is 4.79 Å². The maximum Gasteiger partial charge on any atom is 0.314 e. The standard InChI is InChI=1S/C17H21NO2/c1-2-3-13-4-8-15(9-5-13)17(19)20-16-10-6-14(12-18)7-11-16/h6-7,10-11,13,15H,2-5,8-9H2,1H3. The molecule has 1 aliphatic carbocycles. The molecule has 0 spiro atoms. The van der Waals surface area contributed by atoms with Crippen LogP contribution in [0.25, 0.3) is 0 Å². The van der Waals surface area contributed by atoms with Crippen molar-refractivity contribution in [3.8, 4) is 11.8 Å². The predicted molar refractivity (Wildman–Crippen MR) is 77.1 cm³/mol. The maximum atomic E-state index is 12.1. The first-order valence-corrected chi connectivity index (χ1v) is 7.44. The van der Waals surface area contributed by atoms with E-state index in [-0.39, 0.29) is 11.9 Å². The fraction of sp³-hybridized carbons (Fsp3) is 0.529. The van der Waals surface area contributed by atoms with Gasteiger partial charge in [0.25, 0.3) is 0 Å². The quantitative estimate of drug-likeness (QED) is 0.612. The summed E-state index contributed by atoms with van der Waals surface area (Å²) in [5.41, 5.74) is 0.574. The van der Waals surface area contributed by atoms with Crippen molar-refractivity contribution in [3.05, 3.63) is 29.8 Å². The van der Waals surface area contributed by atoms with Gasteiger partial charge in [0, 0.05) is 0 Å². The van der Waals surface area contributed by atoms with Crippen LogP contribution in [0.5, 0.6) is 5.75 Å². The van der Waals surface area contributed by atoms with Crippen LogP contribution in [0.15, 0.2) is 24.3 Å². The highest BCUT2D eigenvalue weighted by atomic mass is 16.5. The van der Waals surface area contributed by atoms with Gasteiger partial charge in [0.05, 0.1) is 17.6 Å². The van der Waals surface area contributed by atoms with E-state index in [1.54, 1.807) is 24.3 Å². The summed E-state index contributed by atoms with van der Waals surface area (Å²) in [4.78, 5) is 12.1. The molecule has 0 aromatic heterocycles. The van der Waals surface area contributed by atoms with Crippen LogP contribution in [-0.4, -0.2) is 5.97 Å². The van der Waals surface area contributed by atoms with Crippen LogP contribution in [0.1, 0.15) is 51.0 Å². The first-order chi connectivity index (χ1) is 9.72. The fourth-order valence-electron chi connectivity index (χ4n) is 2.89. The Morgan fingerprint density at radius 2 is 1.90 bits per heavy atom. The van der Waals surface area contributed by atoms with Crippen molar-refractivity contribution in [3.63, 3.8) is 0 Å². The zero-order valence-electron chi connectivity index (χ0n) is 12.0. The van der Waals surface area contributed by atoms with Gasteiger partial charge < -0.3 is 4.74 Å². The fourth-order valence-corrected chi connectivity index (χ4v) is 2.89. The largest absolute Gasteiger partial charge is 0.426 e. The number of carbonyl (C=O) groups excluding carboxylic acids is 1. The van der Waals surface area contributed by atoms with Gasteiger partial charge in [0.15, 0.2) is 0 Å². The second-order valence-corrected chi connectivity index (χ2v) is 5.56. The van der Waals surface area contributed by atoms with Crippen LogP contribution in [0.2, 0.25) is 0 Å². The van der Waals surface area contributed by atoms with Crippen LogP contribution < -0.4 is 4.74 Å². The van der Waals surface area contributed by atoms with Crippen LogP contribution in [-0.2, 0) is 4.79 Å². The second-order valence-electron chi connectivity index (χ2n) is 5.56. The SMILES string of the molecule is CCCC1CCC(C(=O)Oc2ccc(C#N)cc2)CC1. The number of nitriles is 1. The van der Waals surface area contributed by atoms with E-state index in [0.29, 0.717) is 11.3 Å². The van der Waals surface area contributed by atoms with Gasteiger partial charge in [-0.1, -0.05) is 19.8 Å². The molecule has 0 unspecified atom stereocenters. The topological polar surface area (TPSA) is 50.1 Å². The van der Waals surface area contributed by atoms with Crippen molar-refractivity contribution in [2.24, 2.45) is 11.8 Å². The molecule has 106 valence electrons. The molecular formula is C17H21NO2. The Balaban J connectivity index is 1.84. The van der Waals surface area contributed by atoms with E-state index in [9.17, 15) is 4.79 Å². The van der Waals surface area contributed by atoms with Crippen molar-refractivity contribution in [2.45, 2.75) is 45.4 Å². The normalized spacial score (nSPS) is 22.0. The van der Waals surface area contributed by atoms with E-state index >= 15 is 0 Å². The third kappa shape index (κ3) is 3.84. The lowest BCUT2D eigenvalue weighted by Crippen LogP contribution is -2.25. The third-order valence-electron chi connectivity index (χ3n) is 4.08. The highest BCUT2D eigenvalue weighted by molar-refractivity contribution is 5.75. The van der Waals surface area contributed by atoms with Gasteiger partial charge in [-0.05, 0) is 55.9 Å². The van der Waals surface area contributed by atoms with Crippen LogP contribution >= 0.6 is 0 Å². The summed E-state index contributed by atoms with van der Waals surface area (Å²) in [5, 5.41) is 8.72. The Morgan fingerprint density at radius 1 is 1.25 bits per heavy atom. The number of rotatable bonds is 4. The number of carbonyl (C=O) groups is 1. The number of esters is 1. The minimum atomic E-state index is -0.121. The Kier molecular flexibility index (Phi) is 5.17. The average Bonchev–Trinajstić information content (AvgIpc) is 2.49. The van der Waals surface area contributed by atoms with E-state index in [2.05, 4.69) is 6.92 Å². The van der Waals surface area contributed by atoms with E-state index < -0.39 is 0 Å². The van der Waals surface area contributed by atoms with E-state index in [1.807, 2.05) is 6.07 Å². The Morgan fingerprint density at radius 3 is 2.45 bits per heavy atom. The van der Waals surface area contributed by atoms with Crippen molar-refractivity contribution in [1.82, 2.24) is 0 Å². The molecule has 0 heterocycles. The first kappa shape index (κ1) is 14.6. The van der Waals surface area contributed by atoms with Crippen LogP contribution in [0.4, 0.5) is 0 Å². The molecule has 0 radical (unpaired) electrons. The Labute approximate surface area is 120 Å². The van der Waals surface area contributed by atoms with Crippen LogP contribution in [0, 0.1) is 23.2 Å². The molecule has 3 nitrogen and oxygen atoms in total. The molecule has 1 saturated carbocycles. The zero-order valence-corrected chi connectivity index (χ0v) is 12.0. The summed E-state index contributed by atoms with van der Waals surface area (Å²) in [7, 11) is 0. The van der Waals surface area contributed by atoms with Gasteiger partial charge in [-0.15, -0.1) is 0 Å². The summed E-state index contributed by atoms with van der Waals surface area (Å²) in [5.74, 6) is 1.24. The summed E-state index contributed by atoms with van der Waals surface area (Å²) in [6.45, 7) is 2.21. The monoisotopic (exact) mass is 271 g/mol. The molecule has 20 heavy (non-hydrogen) atoms. The molecule has 0 atom stereocenters. The molecule has 1 aromatic carbocycles. The Hall–Kier alpha value is -1.82. The molecule has 1 aromatic rings. The Bertz CT molecular complexity index is 479. The van der Waals surface area contributed by atoms with Gasteiger partial charge in [0.1, 0.15) is 5.75 Å². The summed E-state index contributed by atoms with van der Waals surface area (Å²) in [6, 6.07) is 8.74. The van der Waals surface area contributed by atoms with Crippen molar-refractivity contribution in [1.29, 1.82) is 5.26 Å². The lowest BCUT2D eigenvalue weighted by molar-refractivity contribution is -0.140. The highest BCUT2D eigenvalue weighted by Crippen LogP contribution is 2.32. The number of hydrogen-bond donors (Lipinski definition) is 0. The number of hydrogen-bond acceptors (Lipinski definition) is 3. The first-order valence-electron chi connectivity index (χ1n) is 7.44. The number of nitrogens with zero attached hydrogens (tertiary/aromatic N) is 1. The molecule has 0 N–H and O–H groups in total. The van der Waals surface area contributed by atoms with E-state index in [4.69, 9.17) is 10.00 Å². The van der Waals surface area contributed by atoms with Crippen LogP contribution in [0.3, 0.4) is 0 Å². The molecule has 2 rings (SSSR count). The summed E-state index contributed by atoms with van der Waals surface area (Å²) >= 11 is 0. The summed E-state index contributed by atoms with van der Waals surface area (Å²) < 4.78 is 5.40. The molecule has 0 aliphatic heterocycles. The number of ether oxygens (including phenoxy) is 1. The maximum absolute atomic E-state index is 12.1. The zero-order chi connectivity index (χ0) is 14.4. The average molecular weight is 271 g/mol. The lowest BCUT2D eigenvalue weighted by atomic mass is 9.80. The lowest BCUT2D eigenvalue weighted by Gasteiger charge is -2.26. The van der Waals surface area contributed by atoms with Crippen molar-refractivity contribution >= 4 is 5.97 Å². The number of benzene rings is 1. The molecule has 1 fully saturated rings.